The third-order valence-electron chi connectivity index (χ3n) is 3.87. The Hall–Kier alpha value is -0.810. The van der Waals surface area contributed by atoms with E-state index < -0.39 is 0 Å². The molecule has 1 aromatic rings. The Morgan fingerprint density at radius 3 is 2.89 bits per heavy atom. The standard InChI is InChI=1S/C13H22N4S/c1-17(11-6-4-3-5-10(11)8-14)12-7-13(18-2)16-9-15-12/h7,9-11H,3-6,8,14H2,1-2H3. The third-order valence-corrected chi connectivity index (χ3v) is 4.51. The van der Waals surface area contributed by atoms with Gasteiger partial charge in [0.2, 0.25) is 0 Å². The first kappa shape index (κ1) is 13.6. The summed E-state index contributed by atoms with van der Waals surface area (Å²) < 4.78 is 0. The van der Waals surface area contributed by atoms with Crippen molar-refractivity contribution in [3.63, 3.8) is 0 Å². The highest BCUT2D eigenvalue weighted by atomic mass is 32.2. The summed E-state index contributed by atoms with van der Waals surface area (Å²) in [4.78, 5) is 10.9. The van der Waals surface area contributed by atoms with Gasteiger partial charge in [0.1, 0.15) is 17.2 Å². The van der Waals surface area contributed by atoms with Gasteiger partial charge in [0.15, 0.2) is 0 Å². The normalized spacial score (nSPS) is 23.9. The fraction of sp³-hybridized carbons (Fsp3) is 0.692. The van der Waals surface area contributed by atoms with Crippen LogP contribution in [0, 0.1) is 5.92 Å². The fourth-order valence-electron chi connectivity index (χ4n) is 2.78. The molecule has 5 heteroatoms. The molecular formula is C13H22N4S. The van der Waals surface area contributed by atoms with Crippen molar-refractivity contribution in [2.75, 3.05) is 24.7 Å². The van der Waals surface area contributed by atoms with Crippen LogP contribution in [0.4, 0.5) is 5.82 Å². The van der Waals surface area contributed by atoms with Crippen LogP contribution in [0.1, 0.15) is 25.7 Å². The van der Waals surface area contributed by atoms with Gasteiger partial charge >= 0.3 is 0 Å². The summed E-state index contributed by atoms with van der Waals surface area (Å²) in [7, 11) is 2.13. The molecule has 100 valence electrons. The van der Waals surface area contributed by atoms with E-state index in [0.717, 1.165) is 17.4 Å². The van der Waals surface area contributed by atoms with Crippen LogP contribution in [0.5, 0.6) is 0 Å². The minimum atomic E-state index is 0.522. The predicted octanol–water partition coefficient (Wildman–Crippen LogP) is 2.15. The molecule has 0 radical (unpaired) electrons. The lowest BCUT2D eigenvalue weighted by atomic mass is 9.84. The van der Waals surface area contributed by atoms with Crippen LogP contribution >= 0.6 is 11.8 Å². The Bertz CT molecular complexity index is 385. The Kier molecular flexibility index (Phi) is 4.83. The molecule has 1 aromatic heterocycles. The molecule has 1 saturated carbocycles. The van der Waals surface area contributed by atoms with Gasteiger partial charge in [-0.25, -0.2) is 9.97 Å². The van der Waals surface area contributed by atoms with E-state index in [9.17, 15) is 0 Å². The molecule has 0 spiro atoms. The lowest BCUT2D eigenvalue weighted by molar-refractivity contribution is 0.305. The largest absolute Gasteiger partial charge is 0.356 e. The first-order chi connectivity index (χ1) is 8.76. The van der Waals surface area contributed by atoms with Gasteiger partial charge in [-0.1, -0.05) is 12.8 Å². The minimum Gasteiger partial charge on any atom is -0.356 e. The van der Waals surface area contributed by atoms with Gasteiger partial charge in [0, 0.05) is 19.2 Å². The number of nitrogens with zero attached hydrogens (tertiary/aromatic N) is 3. The molecule has 0 aromatic carbocycles. The van der Waals surface area contributed by atoms with Crippen LogP contribution in [-0.4, -0.2) is 35.9 Å². The van der Waals surface area contributed by atoms with Crippen LogP contribution < -0.4 is 10.6 Å². The maximum atomic E-state index is 5.90. The van der Waals surface area contributed by atoms with Crippen molar-refractivity contribution in [3.05, 3.63) is 12.4 Å². The van der Waals surface area contributed by atoms with Crippen LogP contribution in [0.3, 0.4) is 0 Å². The molecule has 2 unspecified atom stereocenters. The van der Waals surface area contributed by atoms with Crippen molar-refractivity contribution in [2.24, 2.45) is 11.7 Å². The molecule has 1 heterocycles. The van der Waals surface area contributed by atoms with Crippen LogP contribution in [0.15, 0.2) is 17.4 Å². The number of anilines is 1. The lowest BCUT2D eigenvalue weighted by Gasteiger charge is -2.38. The Morgan fingerprint density at radius 1 is 1.39 bits per heavy atom. The van der Waals surface area contributed by atoms with Crippen LogP contribution in [0.2, 0.25) is 0 Å². The topological polar surface area (TPSA) is 55.0 Å². The molecule has 1 fully saturated rings. The molecule has 2 atom stereocenters. The van der Waals surface area contributed by atoms with Crippen molar-refractivity contribution in [2.45, 2.75) is 36.8 Å². The van der Waals surface area contributed by atoms with Crippen molar-refractivity contribution < 1.29 is 0 Å². The smallest absolute Gasteiger partial charge is 0.133 e. The molecule has 4 nitrogen and oxygen atoms in total. The summed E-state index contributed by atoms with van der Waals surface area (Å²) in [6, 6.07) is 2.58. The van der Waals surface area contributed by atoms with Crippen molar-refractivity contribution >= 4 is 17.6 Å². The maximum Gasteiger partial charge on any atom is 0.133 e. The molecule has 1 aliphatic carbocycles. The molecule has 0 aliphatic heterocycles. The number of nitrogens with two attached hydrogens (primary N) is 1. The van der Waals surface area contributed by atoms with Crippen LogP contribution in [-0.2, 0) is 0 Å². The zero-order valence-corrected chi connectivity index (χ0v) is 12.0. The van der Waals surface area contributed by atoms with E-state index in [-0.39, 0.29) is 0 Å². The maximum absolute atomic E-state index is 5.90. The fourth-order valence-corrected chi connectivity index (χ4v) is 3.15. The summed E-state index contributed by atoms with van der Waals surface area (Å²) in [6.07, 6.45) is 8.76. The summed E-state index contributed by atoms with van der Waals surface area (Å²) >= 11 is 1.65. The molecule has 2 rings (SSSR count). The molecule has 0 bridgehead atoms. The Morgan fingerprint density at radius 2 is 2.17 bits per heavy atom. The molecule has 1 aliphatic rings. The van der Waals surface area contributed by atoms with E-state index in [2.05, 4.69) is 28.0 Å². The predicted molar refractivity (Wildman–Crippen MR) is 77.0 cm³/mol. The zero-order chi connectivity index (χ0) is 13.0. The number of thioether (sulfide) groups is 1. The highest BCUT2D eigenvalue weighted by Gasteiger charge is 2.28. The van der Waals surface area contributed by atoms with E-state index in [1.54, 1.807) is 18.1 Å². The van der Waals surface area contributed by atoms with Crippen molar-refractivity contribution in [3.8, 4) is 0 Å². The summed E-state index contributed by atoms with van der Waals surface area (Å²) in [5.74, 6) is 1.61. The molecule has 0 amide bonds. The third kappa shape index (κ3) is 2.95. The average molecular weight is 266 g/mol. The SMILES string of the molecule is CSc1cc(N(C)C2CCCCC2CN)ncn1. The minimum absolute atomic E-state index is 0.522. The van der Waals surface area contributed by atoms with Gasteiger partial charge in [0.05, 0.1) is 0 Å². The van der Waals surface area contributed by atoms with Gasteiger partial charge in [-0.05, 0) is 31.6 Å². The summed E-state index contributed by atoms with van der Waals surface area (Å²) in [5, 5.41) is 1.02. The first-order valence-electron chi connectivity index (χ1n) is 6.55. The second-order valence-corrected chi connectivity index (χ2v) is 5.70. The van der Waals surface area contributed by atoms with E-state index in [1.165, 1.54) is 25.7 Å². The van der Waals surface area contributed by atoms with Gasteiger partial charge in [-0.15, -0.1) is 11.8 Å². The van der Waals surface area contributed by atoms with Gasteiger partial charge in [-0.3, -0.25) is 0 Å². The van der Waals surface area contributed by atoms with E-state index in [1.807, 2.05) is 6.26 Å². The van der Waals surface area contributed by atoms with Gasteiger partial charge < -0.3 is 10.6 Å². The number of rotatable bonds is 4. The molecule has 0 saturated heterocycles. The zero-order valence-electron chi connectivity index (χ0n) is 11.2. The van der Waals surface area contributed by atoms with E-state index in [0.29, 0.717) is 12.0 Å². The molecule has 2 N–H and O–H groups in total. The first-order valence-corrected chi connectivity index (χ1v) is 7.77. The van der Waals surface area contributed by atoms with E-state index in [4.69, 9.17) is 5.73 Å². The van der Waals surface area contributed by atoms with Crippen molar-refractivity contribution in [1.82, 2.24) is 9.97 Å². The Labute approximate surface area is 113 Å². The van der Waals surface area contributed by atoms with E-state index >= 15 is 0 Å². The highest BCUT2D eigenvalue weighted by Crippen LogP contribution is 2.30. The lowest BCUT2D eigenvalue weighted by Crippen LogP contribution is -2.43. The quantitative estimate of drug-likeness (QED) is 0.668. The monoisotopic (exact) mass is 266 g/mol. The number of hydrogen-bond donors (Lipinski definition) is 1. The second-order valence-electron chi connectivity index (χ2n) is 4.88. The summed E-state index contributed by atoms with van der Waals surface area (Å²) in [5.41, 5.74) is 5.90. The molecular weight excluding hydrogens is 244 g/mol. The van der Waals surface area contributed by atoms with Gasteiger partial charge in [0.25, 0.3) is 0 Å². The van der Waals surface area contributed by atoms with Gasteiger partial charge in [-0.2, -0.15) is 0 Å². The average Bonchev–Trinajstić information content (AvgIpc) is 2.46. The second kappa shape index (κ2) is 6.38. The number of aromatic nitrogens is 2. The van der Waals surface area contributed by atoms with Crippen LogP contribution in [0.25, 0.3) is 0 Å². The highest BCUT2D eigenvalue weighted by molar-refractivity contribution is 7.98. The van der Waals surface area contributed by atoms with Crippen molar-refractivity contribution in [1.29, 1.82) is 0 Å². The Balaban J connectivity index is 2.15. The number of hydrogen-bond acceptors (Lipinski definition) is 5. The molecule has 18 heavy (non-hydrogen) atoms. The summed E-state index contributed by atoms with van der Waals surface area (Å²) in [6.45, 7) is 0.773.